The maximum Gasteiger partial charge on any atom is 0.326 e. The Bertz CT molecular complexity index is 457. The van der Waals surface area contributed by atoms with Gasteiger partial charge in [-0.05, 0) is 32.1 Å². The van der Waals surface area contributed by atoms with E-state index in [0.29, 0.717) is 19.3 Å². The first-order chi connectivity index (χ1) is 9.38. The highest BCUT2D eigenvalue weighted by atomic mass is 32.1. The maximum absolute atomic E-state index is 11.7. The van der Waals surface area contributed by atoms with Crippen LogP contribution < -0.4 is 5.32 Å². The van der Waals surface area contributed by atoms with E-state index in [1.165, 1.54) is 0 Å². The van der Waals surface area contributed by atoms with E-state index in [1.54, 1.807) is 11.3 Å². The van der Waals surface area contributed by atoms with Crippen molar-refractivity contribution < 1.29 is 14.7 Å². The molecule has 1 aromatic rings. The van der Waals surface area contributed by atoms with Gasteiger partial charge in [0.2, 0.25) is 5.91 Å². The van der Waals surface area contributed by atoms with Crippen molar-refractivity contribution >= 4 is 23.2 Å². The van der Waals surface area contributed by atoms with E-state index >= 15 is 0 Å². The van der Waals surface area contributed by atoms with E-state index in [1.807, 2.05) is 26.2 Å². The van der Waals surface area contributed by atoms with Crippen LogP contribution in [0.25, 0.3) is 0 Å². The van der Waals surface area contributed by atoms with Crippen molar-refractivity contribution in [3.63, 3.8) is 0 Å². The molecule has 0 aromatic carbocycles. The molecule has 0 unspecified atom stereocenters. The second-order valence-electron chi connectivity index (χ2n) is 5.30. The summed E-state index contributed by atoms with van der Waals surface area (Å²) in [5.41, 5.74) is 0.997. The van der Waals surface area contributed by atoms with Gasteiger partial charge in [0, 0.05) is 11.8 Å². The zero-order valence-electron chi connectivity index (χ0n) is 12.2. The zero-order valence-corrected chi connectivity index (χ0v) is 13.0. The molecule has 112 valence electrons. The number of aromatic nitrogens is 1. The Labute approximate surface area is 123 Å². The van der Waals surface area contributed by atoms with Gasteiger partial charge in [0.05, 0.1) is 10.7 Å². The van der Waals surface area contributed by atoms with E-state index in [9.17, 15) is 9.59 Å². The molecular weight excluding hydrogens is 276 g/mol. The molecule has 0 saturated carbocycles. The topological polar surface area (TPSA) is 79.3 Å². The molecule has 0 radical (unpaired) electrons. The third-order valence-electron chi connectivity index (χ3n) is 2.84. The molecule has 0 aliphatic carbocycles. The van der Waals surface area contributed by atoms with E-state index in [0.717, 1.165) is 17.1 Å². The molecule has 0 aliphatic rings. The fraction of sp³-hybridized carbons (Fsp3) is 0.643. The van der Waals surface area contributed by atoms with Crippen LogP contribution in [0.4, 0.5) is 0 Å². The SMILES string of the molecule is Cc1nc(CCCC(=O)N[C@@H](CC(C)C)C(=O)O)cs1. The number of aryl methyl sites for hydroxylation is 2. The summed E-state index contributed by atoms with van der Waals surface area (Å²) < 4.78 is 0. The Balaban J connectivity index is 2.32. The summed E-state index contributed by atoms with van der Waals surface area (Å²) in [6.07, 6.45) is 2.22. The van der Waals surface area contributed by atoms with Crippen LogP contribution in [0, 0.1) is 12.8 Å². The first-order valence-electron chi connectivity index (χ1n) is 6.81. The van der Waals surface area contributed by atoms with Gasteiger partial charge in [-0.2, -0.15) is 0 Å². The van der Waals surface area contributed by atoms with Crippen LogP contribution >= 0.6 is 11.3 Å². The van der Waals surface area contributed by atoms with Crippen LogP contribution in [0.5, 0.6) is 0 Å². The number of hydrogen-bond acceptors (Lipinski definition) is 4. The van der Waals surface area contributed by atoms with Gasteiger partial charge in [-0.1, -0.05) is 13.8 Å². The van der Waals surface area contributed by atoms with E-state index in [2.05, 4.69) is 10.3 Å². The van der Waals surface area contributed by atoms with Gasteiger partial charge in [-0.25, -0.2) is 9.78 Å². The van der Waals surface area contributed by atoms with Crippen LogP contribution in [-0.4, -0.2) is 28.0 Å². The number of nitrogens with one attached hydrogen (secondary N) is 1. The molecule has 0 bridgehead atoms. The second kappa shape index (κ2) is 7.99. The molecule has 2 N–H and O–H groups in total. The number of carbonyl (C=O) groups is 2. The smallest absolute Gasteiger partial charge is 0.326 e. The Hall–Kier alpha value is -1.43. The number of carboxylic acids is 1. The van der Waals surface area contributed by atoms with E-state index in [-0.39, 0.29) is 11.8 Å². The Morgan fingerprint density at radius 3 is 2.65 bits per heavy atom. The molecule has 0 saturated heterocycles. The van der Waals surface area contributed by atoms with Crippen LogP contribution in [0.2, 0.25) is 0 Å². The number of thiazole rings is 1. The van der Waals surface area contributed by atoms with Crippen molar-refractivity contribution in [3.8, 4) is 0 Å². The molecule has 1 amide bonds. The summed E-state index contributed by atoms with van der Waals surface area (Å²) in [6, 6.07) is -0.788. The molecule has 0 spiro atoms. The summed E-state index contributed by atoms with van der Waals surface area (Å²) >= 11 is 1.60. The third-order valence-corrected chi connectivity index (χ3v) is 3.67. The predicted molar refractivity (Wildman–Crippen MR) is 78.8 cm³/mol. The first kappa shape index (κ1) is 16.6. The van der Waals surface area contributed by atoms with Crippen LogP contribution in [0.1, 0.15) is 43.8 Å². The fourth-order valence-electron chi connectivity index (χ4n) is 1.91. The summed E-state index contributed by atoms with van der Waals surface area (Å²) in [4.78, 5) is 27.1. The lowest BCUT2D eigenvalue weighted by atomic mass is 10.0. The van der Waals surface area contributed by atoms with Crippen molar-refractivity contribution in [2.45, 2.75) is 52.5 Å². The standard InChI is InChI=1S/C14H22N2O3S/c1-9(2)7-12(14(18)19)16-13(17)6-4-5-11-8-20-10(3)15-11/h8-9,12H,4-7H2,1-3H3,(H,16,17)(H,18,19)/t12-/m0/s1. The number of amides is 1. The quantitative estimate of drug-likeness (QED) is 0.772. The summed E-state index contributed by atoms with van der Waals surface area (Å²) in [6.45, 7) is 5.82. The number of carboxylic acid groups (broad SMARTS) is 1. The number of carbonyl (C=O) groups excluding carboxylic acids is 1. The van der Waals surface area contributed by atoms with Gasteiger partial charge >= 0.3 is 5.97 Å². The molecule has 20 heavy (non-hydrogen) atoms. The number of aliphatic carboxylic acids is 1. The van der Waals surface area contributed by atoms with E-state index < -0.39 is 12.0 Å². The van der Waals surface area contributed by atoms with E-state index in [4.69, 9.17) is 5.11 Å². The van der Waals surface area contributed by atoms with Gasteiger partial charge in [-0.3, -0.25) is 4.79 Å². The summed E-state index contributed by atoms with van der Waals surface area (Å²) in [5, 5.41) is 14.6. The fourth-order valence-corrected chi connectivity index (χ4v) is 2.56. The van der Waals surface area contributed by atoms with Crippen molar-refractivity contribution in [3.05, 3.63) is 16.1 Å². The average Bonchev–Trinajstić information content (AvgIpc) is 2.73. The highest BCUT2D eigenvalue weighted by Gasteiger charge is 2.20. The van der Waals surface area contributed by atoms with Gasteiger partial charge in [-0.15, -0.1) is 11.3 Å². The molecule has 1 aromatic heterocycles. The maximum atomic E-state index is 11.7. The average molecular weight is 298 g/mol. The van der Waals surface area contributed by atoms with Crippen molar-refractivity contribution in [2.24, 2.45) is 5.92 Å². The molecular formula is C14H22N2O3S. The predicted octanol–water partition coefficient (Wildman–Crippen LogP) is 2.39. The minimum Gasteiger partial charge on any atom is -0.480 e. The van der Waals surface area contributed by atoms with Crippen molar-refractivity contribution in [1.82, 2.24) is 10.3 Å². The minimum absolute atomic E-state index is 0.204. The highest BCUT2D eigenvalue weighted by molar-refractivity contribution is 7.09. The lowest BCUT2D eigenvalue weighted by Gasteiger charge is -2.16. The minimum atomic E-state index is -0.970. The van der Waals surface area contributed by atoms with Crippen LogP contribution in [0.15, 0.2) is 5.38 Å². The number of rotatable bonds is 8. The Morgan fingerprint density at radius 1 is 1.45 bits per heavy atom. The van der Waals surface area contributed by atoms with Crippen LogP contribution in [0.3, 0.4) is 0 Å². The molecule has 1 heterocycles. The highest BCUT2D eigenvalue weighted by Crippen LogP contribution is 2.11. The van der Waals surface area contributed by atoms with Gasteiger partial charge < -0.3 is 10.4 Å². The van der Waals surface area contributed by atoms with Crippen molar-refractivity contribution in [1.29, 1.82) is 0 Å². The van der Waals surface area contributed by atoms with Crippen LogP contribution in [-0.2, 0) is 16.0 Å². The van der Waals surface area contributed by atoms with Gasteiger partial charge in [0.25, 0.3) is 0 Å². The lowest BCUT2D eigenvalue weighted by Crippen LogP contribution is -2.41. The monoisotopic (exact) mass is 298 g/mol. The molecule has 0 fully saturated rings. The molecule has 1 atom stereocenters. The Morgan fingerprint density at radius 2 is 2.15 bits per heavy atom. The number of hydrogen-bond donors (Lipinski definition) is 2. The largest absolute Gasteiger partial charge is 0.480 e. The van der Waals surface area contributed by atoms with Gasteiger partial charge in [0.15, 0.2) is 0 Å². The Kier molecular flexibility index (Phi) is 6.64. The van der Waals surface area contributed by atoms with Crippen molar-refractivity contribution in [2.75, 3.05) is 0 Å². The molecule has 0 aliphatic heterocycles. The molecule has 5 nitrogen and oxygen atoms in total. The zero-order chi connectivity index (χ0) is 15.1. The molecule has 1 rings (SSSR count). The lowest BCUT2D eigenvalue weighted by molar-refractivity contribution is -0.142. The van der Waals surface area contributed by atoms with Gasteiger partial charge in [0.1, 0.15) is 6.04 Å². The second-order valence-corrected chi connectivity index (χ2v) is 6.36. The normalized spacial score (nSPS) is 12.4. The third kappa shape index (κ3) is 6.14. The first-order valence-corrected chi connectivity index (χ1v) is 7.69. The summed E-state index contributed by atoms with van der Waals surface area (Å²) in [5.74, 6) is -0.943. The summed E-state index contributed by atoms with van der Waals surface area (Å²) in [7, 11) is 0. The number of nitrogens with zero attached hydrogens (tertiary/aromatic N) is 1. The molecule has 6 heteroatoms.